The first-order chi connectivity index (χ1) is 8.53. The van der Waals surface area contributed by atoms with Crippen LogP contribution in [0, 0.1) is 5.41 Å². The number of nitrogens with zero attached hydrogens (tertiary/aromatic N) is 2. The first-order valence-electron chi connectivity index (χ1n) is 5.66. The summed E-state index contributed by atoms with van der Waals surface area (Å²) >= 11 is 0. The summed E-state index contributed by atoms with van der Waals surface area (Å²) in [4.78, 5) is 26.4. The van der Waals surface area contributed by atoms with Gasteiger partial charge in [-0.2, -0.15) is 5.10 Å². The van der Waals surface area contributed by atoms with Crippen molar-refractivity contribution in [2.45, 2.75) is 25.8 Å². The highest BCUT2D eigenvalue weighted by Crippen LogP contribution is 2.45. The number of amides is 2. The van der Waals surface area contributed by atoms with E-state index in [1.165, 1.54) is 6.33 Å². The van der Waals surface area contributed by atoms with E-state index in [4.69, 9.17) is 5.11 Å². The summed E-state index contributed by atoms with van der Waals surface area (Å²) in [6, 6.07) is -0.723. The summed E-state index contributed by atoms with van der Waals surface area (Å²) < 4.78 is 0. The number of carbonyl (C=O) groups excluding carboxylic acids is 1. The number of hydrogen-bond acceptors (Lipinski definition) is 4. The summed E-state index contributed by atoms with van der Waals surface area (Å²) in [5.74, 6) is -0.310. The maximum absolute atomic E-state index is 11.6. The molecule has 0 aromatic carbocycles. The minimum atomic E-state index is -0.855. The van der Waals surface area contributed by atoms with Gasteiger partial charge in [0.1, 0.15) is 12.2 Å². The Bertz CT molecular complexity index is 440. The Balaban J connectivity index is 1.78. The van der Waals surface area contributed by atoms with Gasteiger partial charge >= 0.3 is 12.0 Å². The van der Waals surface area contributed by atoms with E-state index in [-0.39, 0.29) is 12.6 Å². The number of aliphatic carboxylic acids is 1. The quantitative estimate of drug-likeness (QED) is 0.590. The number of urea groups is 1. The maximum atomic E-state index is 11.6. The van der Waals surface area contributed by atoms with Crippen LogP contribution < -0.4 is 10.6 Å². The van der Waals surface area contributed by atoms with Crippen LogP contribution in [0.15, 0.2) is 6.33 Å². The Hall–Kier alpha value is -2.12. The number of aromatic amines is 1. The molecule has 1 aromatic heterocycles. The molecule has 2 rings (SSSR count). The minimum absolute atomic E-state index is 0.150. The molecule has 8 heteroatoms. The topological polar surface area (TPSA) is 120 Å². The first-order valence-corrected chi connectivity index (χ1v) is 5.66. The van der Waals surface area contributed by atoms with Gasteiger partial charge in [-0.05, 0) is 19.8 Å². The van der Waals surface area contributed by atoms with Crippen LogP contribution in [0.3, 0.4) is 0 Å². The van der Waals surface area contributed by atoms with Crippen molar-refractivity contribution in [3.63, 3.8) is 0 Å². The smallest absolute Gasteiger partial charge is 0.315 e. The number of carboxylic acid groups (broad SMARTS) is 1. The van der Waals surface area contributed by atoms with Crippen molar-refractivity contribution in [1.29, 1.82) is 0 Å². The van der Waals surface area contributed by atoms with E-state index in [0.29, 0.717) is 18.7 Å². The van der Waals surface area contributed by atoms with Gasteiger partial charge < -0.3 is 15.7 Å². The van der Waals surface area contributed by atoms with Crippen LogP contribution >= 0.6 is 0 Å². The fourth-order valence-electron chi connectivity index (χ4n) is 1.61. The molecular formula is C10H15N5O3. The van der Waals surface area contributed by atoms with Crippen LogP contribution in [0.25, 0.3) is 0 Å². The summed E-state index contributed by atoms with van der Waals surface area (Å²) in [6.45, 7) is 1.90. The average molecular weight is 253 g/mol. The number of carbonyl (C=O) groups is 2. The van der Waals surface area contributed by atoms with Crippen molar-refractivity contribution in [3.05, 3.63) is 12.2 Å². The van der Waals surface area contributed by atoms with Crippen molar-refractivity contribution < 1.29 is 14.7 Å². The number of rotatable bonds is 5. The number of nitrogens with one attached hydrogen (secondary N) is 3. The predicted molar refractivity (Wildman–Crippen MR) is 60.6 cm³/mol. The third-order valence-electron chi connectivity index (χ3n) is 3.09. The lowest BCUT2D eigenvalue weighted by molar-refractivity contribution is -0.143. The van der Waals surface area contributed by atoms with Crippen LogP contribution in [0.1, 0.15) is 31.6 Å². The highest BCUT2D eigenvalue weighted by atomic mass is 16.4. The third kappa shape index (κ3) is 2.58. The van der Waals surface area contributed by atoms with E-state index in [2.05, 4.69) is 25.8 Å². The molecule has 4 N–H and O–H groups in total. The Labute approximate surface area is 103 Å². The molecule has 0 spiro atoms. The van der Waals surface area contributed by atoms with Crippen molar-refractivity contribution in [2.75, 3.05) is 6.54 Å². The van der Waals surface area contributed by atoms with Gasteiger partial charge in [-0.1, -0.05) is 0 Å². The molecule has 8 nitrogen and oxygen atoms in total. The van der Waals surface area contributed by atoms with Gasteiger partial charge in [-0.3, -0.25) is 9.89 Å². The van der Waals surface area contributed by atoms with Gasteiger partial charge in [-0.25, -0.2) is 9.78 Å². The number of carboxylic acids is 1. The number of aromatic nitrogens is 3. The second kappa shape index (κ2) is 4.63. The Morgan fingerprint density at radius 2 is 2.33 bits per heavy atom. The van der Waals surface area contributed by atoms with Crippen LogP contribution in [0.5, 0.6) is 0 Å². The monoisotopic (exact) mass is 253 g/mol. The summed E-state index contributed by atoms with van der Waals surface area (Å²) in [5.41, 5.74) is -0.757. The fourth-order valence-corrected chi connectivity index (χ4v) is 1.61. The van der Waals surface area contributed by atoms with Crippen molar-refractivity contribution in [1.82, 2.24) is 25.8 Å². The molecule has 0 bridgehead atoms. The third-order valence-corrected chi connectivity index (χ3v) is 3.09. The summed E-state index contributed by atoms with van der Waals surface area (Å²) in [7, 11) is 0. The Morgan fingerprint density at radius 1 is 1.61 bits per heavy atom. The molecule has 98 valence electrons. The lowest BCUT2D eigenvalue weighted by Crippen LogP contribution is -2.41. The van der Waals surface area contributed by atoms with Crippen LogP contribution in [-0.2, 0) is 4.79 Å². The summed E-state index contributed by atoms with van der Waals surface area (Å²) in [6.07, 6.45) is 2.58. The maximum Gasteiger partial charge on any atom is 0.315 e. The van der Waals surface area contributed by atoms with E-state index in [1.807, 2.05) is 0 Å². The molecule has 1 fully saturated rings. The predicted octanol–water partition coefficient (Wildman–Crippen LogP) is 0.0297. The molecule has 1 heterocycles. The fraction of sp³-hybridized carbons (Fsp3) is 0.600. The van der Waals surface area contributed by atoms with E-state index < -0.39 is 17.4 Å². The normalized spacial score (nSPS) is 17.8. The van der Waals surface area contributed by atoms with E-state index in [1.54, 1.807) is 6.92 Å². The molecule has 1 saturated carbocycles. The molecule has 1 atom stereocenters. The SMILES string of the molecule is CC(NC(=O)NCC1(C(=O)O)CC1)c1ncn[nH]1. The number of hydrogen-bond donors (Lipinski definition) is 4. The van der Waals surface area contributed by atoms with Gasteiger partial charge in [0.15, 0.2) is 0 Å². The van der Waals surface area contributed by atoms with Crippen molar-refractivity contribution in [2.24, 2.45) is 5.41 Å². The largest absolute Gasteiger partial charge is 0.481 e. The Morgan fingerprint density at radius 3 is 2.83 bits per heavy atom. The van der Waals surface area contributed by atoms with Crippen molar-refractivity contribution in [3.8, 4) is 0 Å². The second-order valence-corrected chi connectivity index (χ2v) is 4.50. The van der Waals surface area contributed by atoms with Crippen molar-refractivity contribution >= 4 is 12.0 Å². The van der Waals surface area contributed by atoms with Gasteiger partial charge in [0.2, 0.25) is 0 Å². The lowest BCUT2D eigenvalue weighted by atomic mass is 10.1. The highest BCUT2D eigenvalue weighted by molar-refractivity contribution is 5.80. The minimum Gasteiger partial charge on any atom is -0.481 e. The zero-order valence-electron chi connectivity index (χ0n) is 9.93. The first kappa shape index (κ1) is 12.3. The molecule has 0 saturated heterocycles. The second-order valence-electron chi connectivity index (χ2n) is 4.50. The standard InChI is InChI=1S/C10H15N5O3/c1-6(7-12-5-13-15-7)14-9(18)11-4-10(2-3-10)8(16)17/h5-6H,2-4H2,1H3,(H,16,17)(H2,11,14,18)(H,12,13,15). The zero-order chi connectivity index (χ0) is 13.2. The number of H-pyrrole nitrogens is 1. The Kier molecular flexibility index (Phi) is 3.17. The molecular weight excluding hydrogens is 238 g/mol. The van der Waals surface area contributed by atoms with Gasteiger partial charge in [0.05, 0.1) is 11.5 Å². The average Bonchev–Trinajstić information content (AvgIpc) is 2.92. The molecule has 1 aliphatic carbocycles. The molecule has 1 aromatic rings. The molecule has 0 radical (unpaired) electrons. The summed E-state index contributed by atoms with van der Waals surface area (Å²) in [5, 5.41) is 20.5. The van der Waals surface area contributed by atoms with E-state index >= 15 is 0 Å². The van der Waals surface area contributed by atoms with Crippen LogP contribution in [0.2, 0.25) is 0 Å². The van der Waals surface area contributed by atoms with Gasteiger partial charge in [-0.15, -0.1) is 0 Å². The van der Waals surface area contributed by atoms with Gasteiger partial charge in [0, 0.05) is 6.54 Å². The van der Waals surface area contributed by atoms with Crippen LogP contribution in [-0.4, -0.2) is 38.8 Å². The molecule has 0 aliphatic heterocycles. The van der Waals surface area contributed by atoms with Gasteiger partial charge in [0.25, 0.3) is 0 Å². The lowest BCUT2D eigenvalue weighted by Gasteiger charge is -2.14. The molecule has 2 amide bonds. The van der Waals surface area contributed by atoms with E-state index in [9.17, 15) is 9.59 Å². The molecule has 18 heavy (non-hydrogen) atoms. The van der Waals surface area contributed by atoms with Crippen LogP contribution in [0.4, 0.5) is 4.79 Å². The molecule has 1 aliphatic rings. The zero-order valence-corrected chi connectivity index (χ0v) is 9.93. The molecule has 1 unspecified atom stereocenters. The van der Waals surface area contributed by atoms with E-state index in [0.717, 1.165) is 0 Å². The highest BCUT2D eigenvalue weighted by Gasteiger charge is 2.50.